The van der Waals surface area contributed by atoms with Crippen LogP contribution in [-0.2, 0) is 0 Å². The number of amides is 2. The minimum Gasteiger partial charge on any atom is -0.358 e. The van der Waals surface area contributed by atoms with Crippen molar-refractivity contribution in [3.05, 3.63) is 3.95 Å². The molecule has 1 aromatic heterocycles. The Bertz CT molecular complexity index is 371. The van der Waals surface area contributed by atoms with Crippen molar-refractivity contribution in [3.63, 3.8) is 0 Å². The summed E-state index contributed by atoms with van der Waals surface area (Å²) in [5.41, 5.74) is 0. The number of nitrogens with zero attached hydrogens (tertiary/aromatic N) is 2. The fraction of sp³-hybridized carbons (Fsp3) is 0.571. The molecule has 84 valence electrons. The second-order valence-corrected chi connectivity index (χ2v) is 4.64. The molecule has 1 rings (SSSR count). The van der Waals surface area contributed by atoms with Crippen LogP contribution in [0.4, 0.5) is 9.93 Å². The zero-order valence-corrected chi connectivity index (χ0v) is 10.2. The summed E-state index contributed by atoms with van der Waals surface area (Å²) in [6.45, 7) is 1.17. The van der Waals surface area contributed by atoms with Gasteiger partial charge in [0, 0.05) is 27.2 Å². The summed E-state index contributed by atoms with van der Waals surface area (Å²) in [7, 11) is 3.39. The number of rotatable bonds is 4. The molecule has 6 nitrogen and oxygen atoms in total. The third-order valence-electron chi connectivity index (χ3n) is 1.52. The molecule has 1 aromatic rings. The van der Waals surface area contributed by atoms with Crippen molar-refractivity contribution >= 4 is 34.7 Å². The number of H-pyrrole nitrogens is 1. The predicted octanol–water partition coefficient (Wildman–Crippen LogP) is 0.884. The molecule has 0 saturated heterocycles. The fourth-order valence-electron chi connectivity index (χ4n) is 0.802. The molecule has 0 fully saturated rings. The van der Waals surface area contributed by atoms with Crippen molar-refractivity contribution in [1.82, 2.24) is 20.4 Å². The molecule has 0 aliphatic carbocycles. The lowest BCUT2D eigenvalue weighted by atomic mass is 10.6. The minimum atomic E-state index is -0.105. The van der Waals surface area contributed by atoms with Gasteiger partial charge in [0.05, 0.1) is 0 Å². The smallest absolute Gasteiger partial charge is 0.316 e. The van der Waals surface area contributed by atoms with Crippen molar-refractivity contribution < 1.29 is 4.79 Å². The molecule has 0 bridgehead atoms. The Hall–Kier alpha value is -1.15. The third kappa shape index (κ3) is 4.26. The zero-order valence-electron chi connectivity index (χ0n) is 8.53. The molecule has 0 atom stereocenters. The molecule has 3 N–H and O–H groups in total. The Morgan fingerprint density at radius 1 is 1.60 bits per heavy atom. The molecule has 1 heterocycles. The SMILES string of the molecule is CN(C)C(=O)NCCNc1n[nH]c(=S)s1. The summed E-state index contributed by atoms with van der Waals surface area (Å²) in [4.78, 5) is 12.6. The second-order valence-electron chi connectivity index (χ2n) is 2.97. The van der Waals surface area contributed by atoms with Gasteiger partial charge in [0.2, 0.25) is 5.13 Å². The van der Waals surface area contributed by atoms with E-state index in [2.05, 4.69) is 20.8 Å². The highest BCUT2D eigenvalue weighted by Crippen LogP contribution is 2.09. The van der Waals surface area contributed by atoms with E-state index in [1.54, 1.807) is 14.1 Å². The highest BCUT2D eigenvalue weighted by molar-refractivity contribution is 7.73. The van der Waals surface area contributed by atoms with Crippen LogP contribution in [0.3, 0.4) is 0 Å². The number of hydrogen-bond acceptors (Lipinski definition) is 5. The first-order valence-corrected chi connectivity index (χ1v) is 5.56. The number of carbonyl (C=O) groups excluding carboxylic acids is 1. The van der Waals surface area contributed by atoms with E-state index in [0.717, 1.165) is 5.13 Å². The van der Waals surface area contributed by atoms with E-state index in [4.69, 9.17) is 12.2 Å². The van der Waals surface area contributed by atoms with Crippen LogP contribution >= 0.6 is 23.6 Å². The molecule has 0 aliphatic heterocycles. The summed E-state index contributed by atoms with van der Waals surface area (Å²) >= 11 is 6.24. The summed E-state index contributed by atoms with van der Waals surface area (Å²) < 4.78 is 0.634. The number of aromatic amines is 1. The van der Waals surface area contributed by atoms with E-state index >= 15 is 0 Å². The fourth-order valence-corrected chi connectivity index (χ4v) is 1.62. The van der Waals surface area contributed by atoms with E-state index in [-0.39, 0.29) is 6.03 Å². The Balaban J connectivity index is 2.17. The van der Waals surface area contributed by atoms with Crippen molar-refractivity contribution in [1.29, 1.82) is 0 Å². The Kier molecular flexibility index (Phi) is 4.50. The third-order valence-corrected chi connectivity index (χ3v) is 2.57. The largest absolute Gasteiger partial charge is 0.358 e. The van der Waals surface area contributed by atoms with Crippen molar-refractivity contribution in [2.45, 2.75) is 0 Å². The number of anilines is 1. The molecule has 8 heteroatoms. The van der Waals surface area contributed by atoms with Crippen LogP contribution in [0.15, 0.2) is 0 Å². The van der Waals surface area contributed by atoms with Gasteiger partial charge >= 0.3 is 6.03 Å². The summed E-state index contributed by atoms with van der Waals surface area (Å²) in [5, 5.41) is 13.1. The average molecular weight is 247 g/mol. The van der Waals surface area contributed by atoms with Gasteiger partial charge in [-0.15, -0.1) is 5.10 Å². The van der Waals surface area contributed by atoms with E-state index < -0.39 is 0 Å². The Morgan fingerprint density at radius 3 is 2.87 bits per heavy atom. The molecule has 0 aliphatic rings. The number of nitrogens with one attached hydrogen (secondary N) is 3. The minimum absolute atomic E-state index is 0.105. The first kappa shape index (κ1) is 11.9. The molecule has 0 spiro atoms. The Labute approximate surface area is 96.7 Å². The van der Waals surface area contributed by atoms with Crippen molar-refractivity contribution in [2.75, 3.05) is 32.5 Å². The maximum atomic E-state index is 11.1. The van der Waals surface area contributed by atoms with Crippen LogP contribution < -0.4 is 10.6 Å². The van der Waals surface area contributed by atoms with Crippen LogP contribution in [0, 0.1) is 3.95 Å². The highest BCUT2D eigenvalue weighted by atomic mass is 32.1. The topological polar surface area (TPSA) is 73.1 Å². The average Bonchev–Trinajstić information content (AvgIpc) is 2.58. The molecular formula is C7H13N5OS2. The normalized spacial score (nSPS) is 9.73. The molecule has 0 radical (unpaired) electrons. The van der Waals surface area contributed by atoms with Gasteiger partial charge in [-0.1, -0.05) is 11.3 Å². The monoisotopic (exact) mass is 247 g/mol. The van der Waals surface area contributed by atoms with Gasteiger partial charge < -0.3 is 15.5 Å². The van der Waals surface area contributed by atoms with E-state index in [1.165, 1.54) is 16.2 Å². The maximum absolute atomic E-state index is 11.1. The lowest BCUT2D eigenvalue weighted by Gasteiger charge is -2.11. The second kappa shape index (κ2) is 5.66. The van der Waals surface area contributed by atoms with Gasteiger partial charge in [-0.05, 0) is 12.2 Å². The summed E-state index contributed by atoms with van der Waals surface area (Å²) in [5.74, 6) is 0. The van der Waals surface area contributed by atoms with Crippen molar-refractivity contribution in [3.8, 4) is 0 Å². The van der Waals surface area contributed by atoms with Gasteiger partial charge in [0.1, 0.15) is 0 Å². The number of carbonyl (C=O) groups is 1. The molecule has 15 heavy (non-hydrogen) atoms. The van der Waals surface area contributed by atoms with Gasteiger partial charge in [-0.3, -0.25) is 5.10 Å². The van der Waals surface area contributed by atoms with Crippen LogP contribution in [0.25, 0.3) is 0 Å². The first-order valence-electron chi connectivity index (χ1n) is 4.34. The van der Waals surface area contributed by atoms with Gasteiger partial charge in [0.25, 0.3) is 0 Å². The van der Waals surface area contributed by atoms with Crippen LogP contribution in [0.2, 0.25) is 0 Å². The van der Waals surface area contributed by atoms with Crippen LogP contribution in [-0.4, -0.2) is 48.3 Å². The van der Waals surface area contributed by atoms with Gasteiger partial charge in [0.15, 0.2) is 3.95 Å². The van der Waals surface area contributed by atoms with Crippen molar-refractivity contribution in [2.24, 2.45) is 0 Å². The van der Waals surface area contributed by atoms with E-state index in [1.807, 2.05) is 0 Å². The molecule has 0 aromatic carbocycles. The number of aromatic nitrogens is 2. The summed E-state index contributed by atoms with van der Waals surface area (Å²) in [6.07, 6.45) is 0. The lowest BCUT2D eigenvalue weighted by Crippen LogP contribution is -2.37. The molecule has 0 saturated carbocycles. The highest BCUT2D eigenvalue weighted by Gasteiger charge is 2.01. The molecule has 2 amide bonds. The van der Waals surface area contributed by atoms with E-state index in [9.17, 15) is 4.79 Å². The number of hydrogen-bond donors (Lipinski definition) is 3. The van der Waals surface area contributed by atoms with Crippen LogP contribution in [0.5, 0.6) is 0 Å². The first-order chi connectivity index (χ1) is 7.09. The quantitative estimate of drug-likeness (QED) is 0.545. The summed E-state index contributed by atoms with van der Waals surface area (Å²) in [6, 6.07) is -0.105. The molecule has 0 unspecified atom stereocenters. The predicted molar refractivity (Wildman–Crippen MR) is 62.9 cm³/mol. The lowest BCUT2D eigenvalue weighted by molar-refractivity contribution is 0.218. The standard InChI is InChI=1S/C7H13N5OS2/c1-12(2)6(13)9-4-3-8-5-10-11-7(14)15-5/h3-4H2,1-2H3,(H,8,10)(H,9,13)(H,11,14). The van der Waals surface area contributed by atoms with Gasteiger partial charge in [-0.2, -0.15) is 0 Å². The van der Waals surface area contributed by atoms with E-state index in [0.29, 0.717) is 17.0 Å². The number of urea groups is 1. The van der Waals surface area contributed by atoms with Gasteiger partial charge in [-0.25, -0.2) is 4.79 Å². The van der Waals surface area contributed by atoms with Crippen LogP contribution in [0.1, 0.15) is 0 Å². The Morgan fingerprint density at radius 2 is 2.33 bits per heavy atom. The molecular weight excluding hydrogens is 234 g/mol. The zero-order chi connectivity index (χ0) is 11.3. The maximum Gasteiger partial charge on any atom is 0.316 e.